The Balaban J connectivity index is 1.82. The monoisotopic (exact) mass is 286 g/mol. The maximum absolute atomic E-state index is 11.9. The molecule has 0 aliphatic rings. The maximum Gasteiger partial charge on any atom is 0.230 e. The molecule has 1 unspecified atom stereocenters. The molecule has 0 bridgehead atoms. The van der Waals surface area contributed by atoms with Crippen molar-refractivity contribution in [3.05, 3.63) is 60.2 Å². The van der Waals surface area contributed by atoms with Crippen molar-refractivity contribution in [1.29, 1.82) is 0 Å². The van der Waals surface area contributed by atoms with E-state index in [2.05, 4.69) is 5.32 Å². The Hall–Kier alpha value is -1.94. The summed E-state index contributed by atoms with van der Waals surface area (Å²) in [5.74, 6) is 0.435. The molecule has 2 rings (SSSR count). The molecule has 0 aliphatic heterocycles. The van der Waals surface area contributed by atoms with Crippen molar-refractivity contribution in [2.45, 2.75) is 17.9 Å². The van der Waals surface area contributed by atoms with Crippen LogP contribution in [-0.2, 0) is 4.79 Å². The number of amides is 1. The van der Waals surface area contributed by atoms with Crippen LogP contribution in [0.15, 0.2) is 59.5 Å². The molecule has 1 amide bonds. The van der Waals surface area contributed by atoms with Gasteiger partial charge in [-0.2, -0.15) is 0 Å². The first-order valence-electron chi connectivity index (χ1n) is 6.48. The lowest BCUT2D eigenvalue weighted by atomic mass is 10.1. The van der Waals surface area contributed by atoms with Crippen LogP contribution in [0.3, 0.4) is 0 Å². The second-order valence-electron chi connectivity index (χ2n) is 4.56. The Kier molecular flexibility index (Phi) is 5.07. The highest BCUT2D eigenvalue weighted by atomic mass is 32.2. The summed E-state index contributed by atoms with van der Waals surface area (Å²) in [4.78, 5) is 13.0. The summed E-state index contributed by atoms with van der Waals surface area (Å²) in [6.45, 7) is 1.99. The number of carbonyl (C=O) groups is 1. The van der Waals surface area contributed by atoms with Gasteiger partial charge in [0, 0.05) is 10.6 Å². The van der Waals surface area contributed by atoms with Gasteiger partial charge in [0.1, 0.15) is 0 Å². The zero-order valence-electron chi connectivity index (χ0n) is 11.4. The zero-order chi connectivity index (χ0) is 14.4. The predicted octanol–water partition coefficient (Wildman–Crippen LogP) is 3.24. The van der Waals surface area contributed by atoms with Crippen LogP contribution in [0.4, 0.5) is 5.69 Å². The maximum atomic E-state index is 11.9. The summed E-state index contributed by atoms with van der Waals surface area (Å²) >= 11 is 1.51. The number of thioether (sulfide) groups is 1. The van der Waals surface area contributed by atoms with Gasteiger partial charge in [-0.3, -0.25) is 4.79 Å². The molecule has 3 N–H and O–H groups in total. The highest BCUT2D eigenvalue weighted by Crippen LogP contribution is 2.19. The molecule has 0 fully saturated rings. The van der Waals surface area contributed by atoms with Gasteiger partial charge in [-0.05, 0) is 36.8 Å². The highest BCUT2D eigenvalue weighted by Gasteiger charge is 2.09. The molecule has 0 aliphatic carbocycles. The largest absolute Gasteiger partial charge is 0.399 e. The van der Waals surface area contributed by atoms with Gasteiger partial charge in [-0.25, -0.2) is 0 Å². The molecule has 1 atom stereocenters. The Morgan fingerprint density at radius 3 is 2.45 bits per heavy atom. The lowest BCUT2D eigenvalue weighted by Gasteiger charge is -2.14. The second-order valence-corrected chi connectivity index (χ2v) is 5.61. The normalized spacial score (nSPS) is 11.8. The summed E-state index contributed by atoms with van der Waals surface area (Å²) in [5.41, 5.74) is 7.47. The molecule has 0 saturated heterocycles. The van der Waals surface area contributed by atoms with Gasteiger partial charge in [0.15, 0.2) is 0 Å². The average molecular weight is 286 g/mol. The lowest BCUT2D eigenvalue weighted by Crippen LogP contribution is -2.28. The third-order valence-electron chi connectivity index (χ3n) is 2.93. The van der Waals surface area contributed by atoms with E-state index in [0.717, 1.165) is 16.1 Å². The minimum absolute atomic E-state index is 0.0238. The van der Waals surface area contributed by atoms with E-state index in [-0.39, 0.29) is 11.9 Å². The summed E-state index contributed by atoms with van der Waals surface area (Å²) < 4.78 is 0. The molecule has 2 aromatic carbocycles. The molecule has 0 radical (unpaired) electrons. The summed E-state index contributed by atoms with van der Waals surface area (Å²) in [6.07, 6.45) is 0. The molecule has 0 heterocycles. The van der Waals surface area contributed by atoms with E-state index in [1.165, 1.54) is 11.8 Å². The number of carbonyl (C=O) groups excluding carboxylic acids is 1. The topological polar surface area (TPSA) is 55.1 Å². The van der Waals surface area contributed by atoms with Crippen molar-refractivity contribution < 1.29 is 4.79 Å². The molecular formula is C16H18N2OS. The molecule has 2 aromatic rings. The van der Waals surface area contributed by atoms with Crippen LogP contribution >= 0.6 is 11.8 Å². The van der Waals surface area contributed by atoms with Crippen molar-refractivity contribution in [3.8, 4) is 0 Å². The first kappa shape index (κ1) is 14.5. The van der Waals surface area contributed by atoms with Crippen LogP contribution in [0.1, 0.15) is 18.5 Å². The van der Waals surface area contributed by atoms with Crippen molar-refractivity contribution in [2.24, 2.45) is 0 Å². The third-order valence-corrected chi connectivity index (χ3v) is 3.94. The number of hydrogen-bond donors (Lipinski definition) is 2. The third kappa shape index (κ3) is 4.31. The summed E-state index contributed by atoms with van der Waals surface area (Å²) in [5, 5.41) is 2.99. The molecule has 0 spiro atoms. The number of nitrogen functional groups attached to an aromatic ring is 1. The van der Waals surface area contributed by atoms with E-state index in [9.17, 15) is 4.79 Å². The van der Waals surface area contributed by atoms with Gasteiger partial charge in [-0.15, -0.1) is 11.8 Å². The molecule has 4 heteroatoms. The number of benzene rings is 2. The number of hydrogen-bond acceptors (Lipinski definition) is 3. The van der Waals surface area contributed by atoms with Crippen molar-refractivity contribution >= 4 is 23.4 Å². The van der Waals surface area contributed by atoms with E-state index in [4.69, 9.17) is 5.73 Å². The fourth-order valence-electron chi connectivity index (χ4n) is 1.82. The number of rotatable bonds is 5. The number of nitrogens with one attached hydrogen (secondary N) is 1. The van der Waals surface area contributed by atoms with E-state index in [1.54, 1.807) is 0 Å². The van der Waals surface area contributed by atoms with Crippen LogP contribution in [-0.4, -0.2) is 11.7 Å². The van der Waals surface area contributed by atoms with Crippen LogP contribution in [0, 0.1) is 0 Å². The zero-order valence-corrected chi connectivity index (χ0v) is 12.2. The van der Waals surface area contributed by atoms with Gasteiger partial charge < -0.3 is 11.1 Å². The summed E-state index contributed by atoms with van der Waals surface area (Å²) in [6, 6.07) is 17.5. The Morgan fingerprint density at radius 2 is 1.80 bits per heavy atom. The molecule has 0 saturated carbocycles. The van der Waals surface area contributed by atoms with Gasteiger partial charge in [0.25, 0.3) is 0 Å². The SMILES string of the molecule is CC(NC(=O)CSc1ccc(N)cc1)c1ccccc1. The van der Waals surface area contributed by atoms with Gasteiger partial charge >= 0.3 is 0 Å². The van der Waals surface area contributed by atoms with E-state index in [1.807, 2.05) is 61.5 Å². The van der Waals surface area contributed by atoms with Crippen molar-refractivity contribution in [1.82, 2.24) is 5.32 Å². The first-order chi connectivity index (χ1) is 9.65. The summed E-state index contributed by atoms with van der Waals surface area (Å²) in [7, 11) is 0. The predicted molar refractivity (Wildman–Crippen MR) is 84.6 cm³/mol. The van der Waals surface area contributed by atoms with Gasteiger partial charge in [0.2, 0.25) is 5.91 Å². The van der Waals surface area contributed by atoms with Crippen LogP contribution in [0.5, 0.6) is 0 Å². The van der Waals surface area contributed by atoms with E-state index < -0.39 is 0 Å². The smallest absolute Gasteiger partial charge is 0.230 e. The Morgan fingerprint density at radius 1 is 1.15 bits per heavy atom. The molecule has 0 aromatic heterocycles. The van der Waals surface area contributed by atoms with Crippen LogP contribution < -0.4 is 11.1 Å². The van der Waals surface area contributed by atoms with Crippen molar-refractivity contribution in [2.75, 3.05) is 11.5 Å². The Labute approximate surface area is 123 Å². The number of nitrogens with two attached hydrogens (primary N) is 1. The molecule has 3 nitrogen and oxygen atoms in total. The molecule has 20 heavy (non-hydrogen) atoms. The number of anilines is 1. The second kappa shape index (κ2) is 7.01. The minimum Gasteiger partial charge on any atom is -0.399 e. The van der Waals surface area contributed by atoms with E-state index >= 15 is 0 Å². The van der Waals surface area contributed by atoms with Gasteiger partial charge in [0.05, 0.1) is 11.8 Å². The lowest BCUT2D eigenvalue weighted by molar-refractivity contribution is -0.119. The van der Waals surface area contributed by atoms with Crippen LogP contribution in [0.2, 0.25) is 0 Å². The fraction of sp³-hybridized carbons (Fsp3) is 0.188. The van der Waals surface area contributed by atoms with Crippen molar-refractivity contribution in [3.63, 3.8) is 0 Å². The van der Waals surface area contributed by atoms with Crippen LogP contribution in [0.25, 0.3) is 0 Å². The first-order valence-corrected chi connectivity index (χ1v) is 7.46. The fourth-order valence-corrected chi connectivity index (χ4v) is 2.53. The Bertz CT molecular complexity index is 554. The average Bonchev–Trinajstić information content (AvgIpc) is 2.47. The quantitative estimate of drug-likeness (QED) is 0.655. The highest BCUT2D eigenvalue weighted by molar-refractivity contribution is 8.00. The minimum atomic E-state index is 0.0238. The molecule has 104 valence electrons. The standard InChI is InChI=1S/C16H18N2OS/c1-12(13-5-3-2-4-6-13)18-16(19)11-20-15-9-7-14(17)8-10-15/h2-10,12H,11,17H2,1H3,(H,18,19). The van der Waals surface area contributed by atoms with E-state index in [0.29, 0.717) is 5.75 Å². The van der Waals surface area contributed by atoms with Gasteiger partial charge in [-0.1, -0.05) is 30.3 Å². The molecular weight excluding hydrogens is 268 g/mol.